The number of rotatable bonds is 4. The molecule has 1 unspecified atom stereocenters. The zero-order chi connectivity index (χ0) is 8.10. The molecule has 1 aromatic rings. The van der Waals surface area contributed by atoms with Crippen molar-refractivity contribution in [2.24, 2.45) is 5.73 Å². The second kappa shape index (κ2) is 4.53. The lowest BCUT2D eigenvalue weighted by Gasteiger charge is -1.93. The molecule has 0 amide bonds. The molecule has 0 saturated carbocycles. The van der Waals surface area contributed by atoms with Crippen LogP contribution in [0.1, 0.15) is 6.42 Å². The normalized spacial score (nSPS) is 13.2. The van der Waals surface area contributed by atoms with Gasteiger partial charge in [-0.2, -0.15) is 0 Å². The Morgan fingerprint density at radius 2 is 2.55 bits per heavy atom. The quantitative estimate of drug-likeness (QED) is 0.727. The van der Waals surface area contributed by atoms with Gasteiger partial charge in [0.25, 0.3) is 0 Å². The smallest absolute Gasteiger partial charge is 0.204 e. The summed E-state index contributed by atoms with van der Waals surface area (Å²) in [5.74, 6) is 0.589. The molecule has 0 fully saturated rings. The first-order valence-corrected chi connectivity index (χ1v) is 5.39. The van der Waals surface area contributed by atoms with Gasteiger partial charge in [0.15, 0.2) is 0 Å². The molecule has 0 bridgehead atoms. The Balaban J connectivity index is 2.43. The van der Waals surface area contributed by atoms with Crippen LogP contribution < -0.4 is 5.73 Å². The fraction of sp³-hybridized carbons (Fsp3) is 0.600. The van der Waals surface area contributed by atoms with E-state index in [2.05, 4.69) is 10.2 Å². The average Bonchev–Trinajstić information content (AvgIpc) is 2.52. The summed E-state index contributed by atoms with van der Waals surface area (Å²) in [5, 5.41) is 7.29. The van der Waals surface area contributed by atoms with E-state index in [0.29, 0.717) is 16.6 Å². The van der Waals surface area contributed by atoms with Crippen molar-refractivity contribution in [1.82, 2.24) is 10.2 Å². The lowest BCUT2D eigenvalue weighted by atomic mass is 10.5. The van der Waals surface area contributed by atoms with E-state index in [1.165, 1.54) is 11.3 Å². The van der Waals surface area contributed by atoms with E-state index in [0.717, 1.165) is 6.42 Å². The molecule has 4 nitrogen and oxygen atoms in total. The largest absolute Gasteiger partial charge is 0.330 e. The van der Waals surface area contributed by atoms with Crippen LogP contribution in [0, 0.1) is 0 Å². The van der Waals surface area contributed by atoms with Crippen LogP contribution in [0.3, 0.4) is 0 Å². The molecule has 1 heterocycles. The Hall–Kier alpha value is -0.330. The second-order valence-corrected chi connectivity index (χ2v) is 4.47. The first-order valence-electron chi connectivity index (χ1n) is 3.19. The third kappa shape index (κ3) is 2.64. The minimum atomic E-state index is -0.987. The van der Waals surface area contributed by atoms with E-state index >= 15 is 0 Å². The van der Waals surface area contributed by atoms with Crippen molar-refractivity contribution in [1.29, 1.82) is 0 Å². The monoisotopic (exact) mass is 191 g/mol. The topological polar surface area (TPSA) is 68.9 Å². The minimum Gasteiger partial charge on any atom is -0.330 e. The van der Waals surface area contributed by atoms with Crippen molar-refractivity contribution in [3.8, 4) is 0 Å². The first kappa shape index (κ1) is 8.76. The maximum Gasteiger partial charge on any atom is 0.204 e. The predicted octanol–water partition coefficient (Wildman–Crippen LogP) is -0.00550. The average molecular weight is 191 g/mol. The van der Waals surface area contributed by atoms with E-state index < -0.39 is 10.8 Å². The molecule has 0 aliphatic rings. The summed E-state index contributed by atoms with van der Waals surface area (Å²) in [6, 6.07) is 0. The fourth-order valence-electron chi connectivity index (χ4n) is 0.564. The van der Waals surface area contributed by atoms with Crippen LogP contribution in [0.25, 0.3) is 0 Å². The number of nitrogens with two attached hydrogens (primary N) is 1. The van der Waals surface area contributed by atoms with Gasteiger partial charge in [-0.05, 0) is 13.0 Å². The third-order valence-electron chi connectivity index (χ3n) is 1.07. The molecule has 62 valence electrons. The van der Waals surface area contributed by atoms with Crippen molar-refractivity contribution in [2.45, 2.75) is 10.8 Å². The van der Waals surface area contributed by atoms with Crippen LogP contribution in [0.2, 0.25) is 0 Å². The molecular formula is C5H9N3OS2. The van der Waals surface area contributed by atoms with Crippen molar-refractivity contribution < 1.29 is 4.21 Å². The molecule has 0 radical (unpaired) electrons. The zero-order valence-corrected chi connectivity index (χ0v) is 7.53. The fourth-order valence-corrected chi connectivity index (χ4v) is 2.39. The van der Waals surface area contributed by atoms with Gasteiger partial charge in [-0.15, -0.1) is 10.2 Å². The van der Waals surface area contributed by atoms with Crippen LogP contribution >= 0.6 is 11.3 Å². The maximum absolute atomic E-state index is 11.2. The van der Waals surface area contributed by atoms with Gasteiger partial charge >= 0.3 is 0 Å². The van der Waals surface area contributed by atoms with Crippen LogP contribution in [0.4, 0.5) is 0 Å². The van der Waals surface area contributed by atoms with Crippen molar-refractivity contribution >= 4 is 22.1 Å². The van der Waals surface area contributed by atoms with E-state index in [1.54, 1.807) is 5.51 Å². The summed E-state index contributed by atoms with van der Waals surface area (Å²) >= 11 is 1.32. The molecule has 0 aromatic carbocycles. The van der Waals surface area contributed by atoms with E-state index in [-0.39, 0.29) is 0 Å². The van der Waals surface area contributed by atoms with Crippen LogP contribution in [0.5, 0.6) is 0 Å². The standard InChI is InChI=1S/C5H9N3OS2/c6-2-1-3-11(9)5-8-7-4-10-5/h4H,1-3,6H2. The zero-order valence-electron chi connectivity index (χ0n) is 5.90. The molecule has 0 saturated heterocycles. The molecule has 6 heteroatoms. The molecule has 0 spiro atoms. The van der Waals surface area contributed by atoms with Gasteiger partial charge in [-0.25, -0.2) is 0 Å². The highest BCUT2D eigenvalue weighted by atomic mass is 32.2. The molecule has 1 aromatic heterocycles. The molecule has 1 rings (SSSR count). The summed E-state index contributed by atoms with van der Waals surface area (Å²) in [6.45, 7) is 0.574. The minimum absolute atomic E-state index is 0.574. The molecule has 1 atom stereocenters. The highest BCUT2D eigenvalue weighted by Gasteiger charge is 2.05. The molecule has 0 aliphatic carbocycles. The summed E-state index contributed by atoms with van der Waals surface area (Å²) in [7, 11) is -0.987. The molecule has 0 aliphatic heterocycles. The van der Waals surface area contributed by atoms with Gasteiger partial charge < -0.3 is 5.73 Å². The number of nitrogens with zero attached hydrogens (tertiary/aromatic N) is 2. The Morgan fingerprint density at radius 3 is 3.09 bits per heavy atom. The highest BCUT2D eigenvalue weighted by molar-refractivity contribution is 7.87. The van der Waals surface area contributed by atoms with Crippen LogP contribution in [-0.4, -0.2) is 26.7 Å². The predicted molar refractivity (Wildman–Crippen MR) is 44.9 cm³/mol. The Labute approximate surface area is 71.3 Å². The highest BCUT2D eigenvalue weighted by Crippen LogP contribution is 2.07. The Bertz CT molecular complexity index is 224. The Kier molecular flexibility index (Phi) is 3.61. The third-order valence-corrected chi connectivity index (χ3v) is 3.53. The van der Waals surface area contributed by atoms with Gasteiger partial charge in [0, 0.05) is 5.75 Å². The van der Waals surface area contributed by atoms with Gasteiger partial charge in [-0.3, -0.25) is 4.21 Å². The summed E-state index contributed by atoms with van der Waals surface area (Å²) in [5.41, 5.74) is 6.84. The SMILES string of the molecule is NCCCS(=O)c1nncs1. The van der Waals surface area contributed by atoms with Crippen molar-refractivity contribution in [2.75, 3.05) is 12.3 Å². The maximum atomic E-state index is 11.2. The van der Waals surface area contributed by atoms with E-state index in [1.807, 2.05) is 0 Å². The van der Waals surface area contributed by atoms with E-state index in [9.17, 15) is 4.21 Å². The number of hydrogen-bond donors (Lipinski definition) is 1. The summed E-state index contributed by atoms with van der Waals surface area (Å²) < 4.78 is 11.8. The van der Waals surface area contributed by atoms with Gasteiger partial charge in [0.2, 0.25) is 4.34 Å². The molecular weight excluding hydrogens is 182 g/mol. The van der Waals surface area contributed by atoms with Gasteiger partial charge in [0.1, 0.15) is 5.51 Å². The van der Waals surface area contributed by atoms with Crippen LogP contribution in [0.15, 0.2) is 9.85 Å². The second-order valence-electron chi connectivity index (χ2n) is 1.90. The summed E-state index contributed by atoms with van der Waals surface area (Å²) in [6.07, 6.45) is 0.770. The molecule has 2 N–H and O–H groups in total. The number of hydrogen-bond acceptors (Lipinski definition) is 5. The first-order chi connectivity index (χ1) is 5.34. The lowest BCUT2D eigenvalue weighted by molar-refractivity contribution is 0.679. The van der Waals surface area contributed by atoms with Gasteiger partial charge in [-0.1, -0.05) is 11.3 Å². The Morgan fingerprint density at radius 1 is 1.73 bits per heavy atom. The van der Waals surface area contributed by atoms with Crippen molar-refractivity contribution in [3.05, 3.63) is 5.51 Å². The van der Waals surface area contributed by atoms with Gasteiger partial charge in [0.05, 0.1) is 10.8 Å². The van der Waals surface area contributed by atoms with Crippen molar-refractivity contribution in [3.63, 3.8) is 0 Å². The van der Waals surface area contributed by atoms with E-state index in [4.69, 9.17) is 5.73 Å². The number of aromatic nitrogens is 2. The molecule has 11 heavy (non-hydrogen) atoms. The summed E-state index contributed by atoms with van der Waals surface area (Å²) in [4.78, 5) is 0. The van der Waals surface area contributed by atoms with Crippen LogP contribution in [-0.2, 0) is 10.8 Å². The lowest BCUT2D eigenvalue weighted by Crippen LogP contribution is -2.05.